The molecule has 0 bridgehead atoms. The summed E-state index contributed by atoms with van der Waals surface area (Å²) in [5, 5.41) is 12.8. The molecule has 5 nitrogen and oxygen atoms in total. The van der Waals surface area contributed by atoms with Crippen LogP contribution in [0.2, 0.25) is 0 Å². The smallest absolute Gasteiger partial charge is 0.307 e. The largest absolute Gasteiger partial charge is 0.481 e. The SMILES string of the molecule is CC1(C)[C@@H](C(=O)O)[C@@H]1C(=O)Nc1cnc2ccccc2c1. The standard InChI is InChI=1S/C16H16N2O3/c1-16(2)12(13(16)15(20)21)14(19)18-10-7-9-5-3-4-6-11(9)17-8-10/h3-8,12-13H,1-2H3,(H,18,19)(H,20,21)/t12-,13-/m1/s1. The number of anilines is 1. The van der Waals surface area contributed by atoms with E-state index in [9.17, 15) is 9.59 Å². The number of amides is 1. The first-order valence-electron chi connectivity index (χ1n) is 6.80. The zero-order valence-electron chi connectivity index (χ0n) is 11.8. The van der Waals surface area contributed by atoms with Gasteiger partial charge in [0.05, 0.1) is 29.2 Å². The fourth-order valence-electron chi connectivity index (χ4n) is 2.95. The summed E-state index contributed by atoms with van der Waals surface area (Å²) in [6.45, 7) is 3.60. The molecule has 1 aliphatic rings. The molecule has 2 atom stereocenters. The van der Waals surface area contributed by atoms with E-state index in [-0.39, 0.29) is 5.91 Å². The molecular formula is C16H16N2O3. The second-order valence-corrected chi connectivity index (χ2v) is 6.02. The van der Waals surface area contributed by atoms with Gasteiger partial charge < -0.3 is 10.4 Å². The van der Waals surface area contributed by atoms with Gasteiger partial charge in [0, 0.05) is 5.39 Å². The fraction of sp³-hybridized carbons (Fsp3) is 0.312. The quantitative estimate of drug-likeness (QED) is 0.907. The third kappa shape index (κ3) is 2.24. The lowest BCUT2D eigenvalue weighted by Crippen LogP contribution is -2.17. The summed E-state index contributed by atoms with van der Waals surface area (Å²) in [5.41, 5.74) is 0.941. The Bertz CT molecular complexity index is 739. The molecule has 0 unspecified atom stereocenters. The van der Waals surface area contributed by atoms with Crippen molar-refractivity contribution in [1.29, 1.82) is 0 Å². The molecule has 0 radical (unpaired) electrons. The second kappa shape index (κ2) is 4.55. The van der Waals surface area contributed by atoms with Gasteiger partial charge in [0.15, 0.2) is 0 Å². The highest BCUT2D eigenvalue weighted by Gasteiger charge is 2.65. The molecule has 2 N–H and O–H groups in total. The molecule has 1 aromatic carbocycles. The van der Waals surface area contributed by atoms with Crippen molar-refractivity contribution in [3.8, 4) is 0 Å². The van der Waals surface area contributed by atoms with Crippen LogP contribution in [0.1, 0.15) is 13.8 Å². The number of carboxylic acid groups (broad SMARTS) is 1. The van der Waals surface area contributed by atoms with E-state index in [4.69, 9.17) is 5.11 Å². The highest BCUT2D eigenvalue weighted by Crippen LogP contribution is 2.58. The Morgan fingerprint density at radius 3 is 2.62 bits per heavy atom. The van der Waals surface area contributed by atoms with Crippen LogP contribution in [0.15, 0.2) is 36.5 Å². The number of fused-ring (bicyclic) bond motifs is 1. The normalized spacial score (nSPS) is 22.8. The highest BCUT2D eigenvalue weighted by molar-refractivity contribution is 6.00. The van der Waals surface area contributed by atoms with Gasteiger partial charge in [-0.1, -0.05) is 32.0 Å². The van der Waals surface area contributed by atoms with Crippen molar-refractivity contribution in [1.82, 2.24) is 4.98 Å². The van der Waals surface area contributed by atoms with Crippen LogP contribution in [0.5, 0.6) is 0 Å². The lowest BCUT2D eigenvalue weighted by molar-refractivity contribution is -0.140. The first-order chi connectivity index (χ1) is 9.91. The van der Waals surface area contributed by atoms with Crippen LogP contribution < -0.4 is 5.32 Å². The number of carbonyl (C=O) groups excluding carboxylic acids is 1. The van der Waals surface area contributed by atoms with Crippen molar-refractivity contribution in [3.05, 3.63) is 36.5 Å². The van der Waals surface area contributed by atoms with Crippen LogP contribution >= 0.6 is 0 Å². The van der Waals surface area contributed by atoms with E-state index in [1.807, 2.05) is 30.3 Å². The molecule has 0 spiro atoms. The lowest BCUT2D eigenvalue weighted by Gasteiger charge is -2.06. The predicted molar refractivity (Wildman–Crippen MR) is 78.8 cm³/mol. The molecule has 1 aromatic heterocycles. The van der Waals surface area contributed by atoms with Crippen molar-refractivity contribution in [2.45, 2.75) is 13.8 Å². The minimum absolute atomic E-state index is 0.260. The van der Waals surface area contributed by atoms with Crippen LogP contribution in [0.3, 0.4) is 0 Å². The van der Waals surface area contributed by atoms with Gasteiger partial charge in [0.2, 0.25) is 5.91 Å². The summed E-state index contributed by atoms with van der Waals surface area (Å²) in [4.78, 5) is 27.6. The second-order valence-electron chi connectivity index (χ2n) is 6.02. The summed E-state index contributed by atoms with van der Waals surface area (Å²) in [7, 11) is 0. The summed E-state index contributed by atoms with van der Waals surface area (Å²) >= 11 is 0. The molecule has 1 amide bonds. The van der Waals surface area contributed by atoms with Crippen molar-refractivity contribution >= 4 is 28.5 Å². The highest BCUT2D eigenvalue weighted by atomic mass is 16.4. The Labute approximate surface area is 122 Å². The van der Waals surface area contributed by atoms with E-state index in [1.54, 1.807) is 20.0 Å². The Balaban J connectivity index is 1.80. The number of para-hydroxylation sites is 1. The number of aliphatic carboxylic acids is 1. The maximum absolute atomic E-state index is 12.2. The van der Waals surface area contributed by atoms with E-state index in [0.717, 1.165) is 10.9 Å². The molecule has 0 saturated heterocycles. The molecular weight excluding hydrogens is 268 g/mol. The van der Waals surface area contributed by atoms with Crippen molar-refractivity contribution in [3.63, 3.8) is 0 Å². The predicted octanol–water partition coefficient (Wildman–Crippen LogP) is 2.53. The van der Waals surface area contributed by atoms with Gasteiger partial charge in [-0.15, -0.1) is 0 Å². The van der Waals surface area contributed by atoms with Crippen LogP contribution in [0.4, 0.5) is 5.69 Å². The molecule has 21 heavy (non-hydrogen) atoms. The summed E-state index contributed by atoms with van der Waals surface area (Å²) in [5.74, 6) is -2.30. The van der Waals surface area contributed by atoms with E-state index in [1.165, 1.54) is 0 Å². The maximum atomic E-state index is 12.2. The van der Waals surface area contributed by atoms with Gasteiger partial charge in [0.25, 0.3) is 0 Å². The topological polar surface area (TPSA) is 79.3 Å². The Kier molecular flexibility index (Phi) is 2.93. The van der Waals surface area contributed by atoms with Crippen molar-refractivity contribution in [2.24, 2.45) is 17.3 Å². The number of carbonyl (C=O) groups is 2. The fourth-order valence-corrected chi connectivity index (χ4v) is 2.95. The van der Waals surface area contributed by atoms with Crippen molar-refractivity contribution in [2.75, 3.05) is 5.32 Å². The van der Waals surface area contributed by atoms with E-state index < -0.39 is 23.2 Å². The number of benzene rings is 1. The van der Waals surface area contributed by atoms with E-state index in [2.05, 4.69) is 10.3 Å². The van der Waals surface area contributed by atoms with Gasteiger partial charge in [-0.3, -0.25) is 14.6 Å². The molecule has 1 fully saturated rings. The molecule has 1 saturated carbocycles. The minimum Gasteiger partial charge on any atom is -0.481 e. The summed E-state index contributed by atoms with van der Waals surface area (Å²) in [6, 6.07) is 9.45. The number of nitrogens with zero attached hydrogens (tertiary/aromatic N) is 1. The van der Waals surface area contributed by atoms with Crippen LogP contribution in [-0.2, 0) is 9.59 Å². The molecule has 3 rings (SSSR count). The molecule has 1 heterocycles. The number of pyridine rings is 1. The van der Waals surface area contributed by atoms with Crippen LogP contribution in [-0.4, -0.2) is 22.0 Å². The molecule has 2 aromatic rings. The zero-order chi connectivity index (χ0) is 15.2. The molecule has 5 heteroatoms. The Hall–Kier alpha value is -2.43. The Morgan fingerprint density at radius 2 is 1.95 bits per heavy atom. The molecule has 1 aliphatic carbocycles. The van der Waals surface area contributed by atoms with Crippen LogP contribution in [0, 0.1) is 17.3 Å². The summed E-state index contributed by atoms with van der Waals surface area (Å²) in [6.07, 6.45) is 1.59. The average molecular weight is 284 g/mol. The summed E-state index contributed by atoms with van der Waals surface area (Å²) < 4.78 is 0. The number of hydrogen-bond donors (Lipinski definition) is 2. The van der Waals surface area contributed by atoms with Gasteiger partial charge >= 0.3 is 5.97 Å². The number of carboxylic acids is 1. The average Bonchev–Trinajstić information content (AvgIpc) is 3.02. The Morgan fingerprint density at radius 1 is 1.24 bits per heavy atom. The van der Waals surface area contributed by atoms with E-state index >= 15 is 0 Å². The van der Waals surface area contributed by atoms with Crippen molar-refractivity contribution < 1.29 is 14.7 Å². The number of nitrogens with one attached hydrogen (secondary N) is 1. The molecule has 108 valence electrons. The monoisotopic (exact) mass is 284 g/mol. The lowest BCUT2D eigenvalue weighted by atomic mass is 10.1. The number of aromatic nitrogens is 1. The van der Waals surface area contributed by atoms with Gasteiger partial charge in [0.1, 0.15) is 0 Å². The van der Waals surface area contributed by atoms with Gasteiger partial charge in [-0.05, 0) is 17.5 Å². The van der Waals surface area contributed by atoms with Gasteiger partial charge in [-0.25, -0.2) is 0 Å². The maximum Gasteiger partial charge on any atom is 0.307 e. The van der Waals surface area contributed by atoms with Gasteiger partial charge in [-0.2, -0.15) is 0 Å². The third-order valence-electron chi connectivity index (χ3n) is 4.23. The van der Waals surface area contributed by atoms with E-state index in [0.29, 0.717) is 5.69 Å². The first kappa shape index (κ1) is 13.5. The van der Waals surface area contributed by atoms with Crippen LogP contribution in [0.25, 0.3) is 10.9 Å². The number of rotatable bonds is 3. The zero-order valence-corrected chi connectivity index (χ0v) is 11.8. The third-order valence-corrected chi connectivity index (χ3v) is 4.23. The minimum atomic E-state index is -0.920. The number of hydrogen-bond acceptors (Lipinski definition) is 3. The first-order valence-corrected chi connectivity index (χ1v) is 6.80. The molecule has 0 aliphatic heterocycles.